The number of rotatable bonds is 3. The highest BCUT2D eigenvalue weighted by molar-refractivity contribution is 5.72. The van der Waals surface area contributed by atoms with Gasteiger partial charge in [0.2, 0.25) is 0 Å². The number of carbonyl (C=O) groups is 1. The minimum atomic E-state index is -1.05. The Morgan fingerprint density at radius 1 is 1.04 bits per heavy atom. The standard InChI is InChI=1S/C16H18N2O6/c19-14-10-13(11-4-6-12(7-5-11)17(20)21)15(18(22)23)16(24-14)8-2-1-3-9-16/h4-7,13,15H,1-3,8-10H2/t13-,15+/m0/s1. The molecule has 0 amide bonds. The predicted octanol–water partition coefficient (Wildman–Crippen LogP) is 2.97. The molecule has 8 nitrogen and oxygen atoms in total. The van der Waals surface area contributed by atoms with Crippen molar-refractivity contribution in [3.05, 3.63) is 50.1 Å². The van der Waals surface area contributed by atoms with Crippen molar-refractivity contribution in [2.24, 2.45) is 0 Å². The molecule has 1 aliphatic heterocycles. The highest BCUT2D eigenvalue weighted by atomic mass is 16.6. The molecular formula is C16H18N2O6. The molecule has 128 valence electrons. The first-order valence-electron chi connectivity index (χ1n) is 8.03. The van der Waals surface area contributed by atoms with Crippen molar-refractivity contribution < 1.29 is 19.4 Å². The molecule has 3 rings (SSSR count). The lowest BCUT2D eigenvalue weighted by Crippen LogP contribution is -2.57. The van der Waals surface area contributed by atoms with Crippen molar-refractivity contribution in [3.8, 4) is 0 Å². The van der Waals surface area contributed by atoms with Crippen LogP contribution in [0, 0.1) is 20.2 Å². The van der Waals surface area contributed by atoms with E-state index in [1.807, 2.05) is 0 Å². The molecule has 0 aromatic heterocycles. The zero-order chi connectivity index (χ0) is 17.3. The lowest BCUT2D eigenvalue weighted by atomic mass is 9.70. The van der Waals surface area contributed by atoms with Gasteiger partial charge in [-0.1, -0.05) is 18.6 Å². The fourth-order valence-corrected chi connectivity index (χ4v) is 4.02. The third-order valence-electron chi connectivity index (χ3n) is 5.08. The summed E-state index contributed by atoms with van der Waals surface area (Å²) in [7, 11) is 0. The van der Waals surface area contributed by atoms with Crippen LogP contribution in [-0.4, -0.2) is 27.5 Å². The quantitative estimate of drug-likeness (QED) is 0.477. The van der Waals surface area contributed by atoms with E-state index in [1.54, 1.807) is 0 Å². The smallest absolute Gasteiger partial charge is 0.307 e. The molecule has 0 bridgehead atoms. The summed E-state index contributed by atoms with van der Waals surface area (Å²) in [6.07, 6.45) is 3.48. The van der Waals surface area contributed by atoms with Gasteiger partial charge < -0.3 is 4.74 Å². The van der Waals surface area contributed by atoms with E-state index in [1.165, 1.54) is 24.3 Å². The van der Waals surface area contributed by atoms with E-state index in [2.05, 4.69) is 0 Å². The first-order valence-corrected chi connectivity index (χ1v) is 8.03. The molecule has 2 fully saturated rings. The minimum Gasteiger partial charge on any atom is -0.452 e. The monoisotopic (exact) mass is 334 g/mol. The summed E-state index contributed by atoms with van der Waals surface area (Å²) < 4.78 is 5.51. The normalized spacial score (nSPS) is 25.9. The molecule has 24 heavy (non-hydrogen) atoms. The lowest BCUT2D eigenvalue weighted by Gasteiger charge is -2.44. The number of hydrogen-bond acceptors (Lipinski definition) is 6. The second kappa shape index (κ2) is 6.18. The van der Waals surface area contributed by atoms with Crippen LogP contribution >= 0.6 is 0 Å². The van der Waals surface area contributed by atoms with Gasteiger partial charge in [-0.2, -0.15) is 0 Å². The van der Waals surface area contributed by atoms with Gasteiger partial charge in [0.1, 0.15) is 0 Å². The van der Waals surface area contributed by atoms with Crippen molar-refractivity contribution >= 4 is 11.7 Å². The minimum absolute atomic E-state index is 0.0782. The van der Waals surface area contributed by atoms with Crippen molar-refractivity contribution in [2.75, 3.05) is 0 Å². The van der Waals surface area contributed by atoms with Crippen molar-refractivity contribution in [1.29, 1.82) is 0 Å². The Balaban J connectivity index is 1.98. The van der Waals surface area contributed by atoms with Crippen LogP contribution in [0.25, 0.3) is 0 Å². The number of esters is 1. The number of non-ortho nitro benzene ring substituents is 1. The maximum Gasteiger partial charge on any atom is 0.307 e. The summed E-state index contributed by atoms with van der Waals surface area (Å²) in [5.41, 5.74) is -0.560. The number of benzene rings is 1. The molecule has 2 atom stereocenters. The van der Waals surface area contributed by atoms with Crippen LogP contribution < -0.4 is 0 Å². The second-order valence-electron chi connectivity index (χ2n) is 6.49. The topological polar surface area (TPSA) is 113 Å². The number of ether oxygens (including phenoxy) is 1. The maximum atomic E-state index is 12.1. The Labute approximate surface area is 138 Å². The molecule has 2 aliphatic rings. The van der Waals surface area contributed by atoms with Gasteiger partial charge in [0, 0.05) is 17.1 Å². The predicted molar refractivity (Wildman–Crippen MR) is 83.1 cm³/mol. The SMILES string of the molecule is O=C1C[C@@H](c2ccc([N+](=O)[O-])cc2)[C@@H]([N+](=O)[O-])C2(CCCCC2)O1. The number of nitro benzene ring substituents is 1. The van der Waals surface area contributed by atoms with Crippen LogP contribution in [0.2, 0.25) is 0 Å². The van der Waals surface area contributed by atoms with Crippen molar-refractivity contribution in [3.63, 3.8) is 0 Å². The van der Waals surface area contributed by atoms with Gasteiger partial charge in [-0.25, -0.2) is 0 Å². The third-order valence-corrected chi connectivity index (χ3v) is 5.08. The van der Waals surface area contributed by atoms with E-state index in [-0.39, 0.29) is 17.0 Å². The molecule has 1 saturated heterocycles. The molecule has 0 N–H and O–H groups in total. The molecule has 1 aromatic rings. The zero-order valence-corrected chi connectivity index (χ0v) is 13.1. The van der Waals surface area contributed by atoms with Crippen molar-refractivity contribution in [1.82, 2.24) is 0 Å². The summed E-state index contributed by atoms with van der Waals surface area (Å²) in [6.45, 7) is 0. The molecule has 0 unspecified atom stereocenters. The number of hydrogen-bond donors (Lipinski definition) is 0. The molecular weight excluding hydrogens is 316 g/mol. The largest absolute Gasteiger partial charge is 0.452 e. The lowest BCUT2D eigenvalue weighted by molar-refractivity contribution is -0.554. The van der Waals surface area contributed by atoms with Crippen molar-refractivity contribution in [2.45, 2.75) is 56.1 Å². The van der Waals surface area contributed by atoms with Crippen LogP contribution in [0.4, 0.5) is 5.69 Å². The molecule has 1 spiro atoms. The summed E-state index contributed by atoms with van der Waals surface area (Å²) in [5.74, 6) is -1.06. The molecule has 8 heteroatoms. The number of nitrogens with zero attached hydrogens (tertiary/aromatic N) is 2. The first-order chi connectivity index (χ1) is 11.4. The van der Waals surface area contributed by atoms with Gasteiger partial charge >= 0.3 is 5.97 Å². The molecule has 0 radical (unpaired) electrons. The number of carbonyl (C=O) groups excluding carboxylic acids is 1. The molecule has 1 aromatic carbocycles. The van der Waals surface area contributed by atoms with E-state index in [9.17, 15) is 25.0 Å². The van der Waals surface area contributed by atoms with Gasteiger partial charge in [0.05, 0.1) is 17.3 Å². The van der Waals surface area contributed by atoms with Crippen LogP contribution in [-0.2, 0) is 9.53 Å². The Morgan fingerprint density at radius 3 is 2.21 bits per heavy atom. The van der Waals surface area contributed by atoms with Crippen LogP contribution in [0.15, 0.2) is 24.3 Å². The van der Waals surface area contributed by atoms with E-state index < -0.39 is 28.5 Å². The Morgan fingerprint density at radius 2 is 1.67 bits per heavy atom. The molecule has 1 aliphatic carbocycles. The maximum absolute atomic E-state index is 12.1. The summed E-state index contributed by atoms with van der Waals surface area (Å²) in [4.78, 5) is 33.8. The van der Waals surface area contributed by atoms with Gasteiger partial charge in [-0.15, -0.1) is 0 Å². The summed E-state index contributed by atoms with van der Waals surface area (Å²) >= 11 is 0. The highest BCUT2D eigenvalue weighted by Gasteiger charge is 2.58. The third kappa shape index (κ3) is 2.83. The average molecular weight is 334 g/mol. The number of nitro groups is 2. The van der Waals surface area contributed by atoms with Crippen LogP contribution in [0.3, 0.4) is 0 Å². The van der Waals surface area contributed by atoms with Gasteiger partial charge in [-0.05, 0) is 31.2 Å². The molecule has 1 heterocycles. The van der Waals surface area contributed by atoms with E-state index in [0.29, 0.717) is 18.4 Å². The Hall–Kier alpha value is -2.51. The summed E-state index contributed by atoms with van der Waals surface area (Å²) in [5, 5.41) is 22.6. The fourth-order valence-electron chi connectivity index (χ4n) is 4.02. The van der Waals surface area contributed by atoms with Gasteiger partial charge in [0.25, 0.3) is 11.7 Å². The van der Waals surface area contributed by atoms with Gasteiger partial charge in [-0.3, -0.25) is 25.0 Å². The van der Waals surface area contributed by atoms with E-state index in [0.717, 1.165) is 19.3 Å². The fraction of sp³-hybridized carbons (Fsp3) is 0.562. The van der Waals surface area contributed by atoms with E-state index in [4.69, 9.17) is 4.74 Å². The van der Waals surface area contributed by atoms with Crippen LogP contribution in [0.5, 0.6) is 0 Å². The first kappa shape index (κ1) is 16.4. The Kier molecular flexibility index (Phi) is 4.21. The second-order valence-corrected chi connectivity index (χ2v) is 6.49. The van der Waals surface area contributed by atoms with Gasteiger partial charge in [0.15, 0.2) is 5.60 Å². The zero-order valence-electron chi connectivity index (χ0n) is 13.1. The van der Waals surface area contributed by atoms with Crippen LogP contribution in [0.1, 0.15) is 50.0 Å². The highest BCUT2D eigenvalue weighted by Crippen LogP contribution is 2.46. The summed E-state index contributed by atoms with van der Waals surface area (Å²) in [6, 6.07) is 4.64. The van der Waals surface area contributed by atoms with E-state index >= 15 is 0 Å². The molecule has 1 saturated carbocycles. The Bertz CT molecular complexity index is 666. The average Bonchev–Trinajstić information content (AvgIpc) is 2.54.